The van der Waals surface area contributed by atoms with Crippen LogP contribution in [0.3, 0.4) is 0 Å². The molecule has 2 N–H and O–H groups in total. The third-order valence-electron chi connectivity index (χ3n) is 6.57. The number of nitrogens with one attached hydrogen (secondary N) is 2. The van der Waals surface area contributed by atoms with Crippen LogP contribution in [-0.4, -0.2) is 13.1 Å². The van der Waals surface area contributed by atoms with Crippen LogP contribution in [0.25, 0.3) is 5.57 Å². The van der Waals surface area contributed by atoms with E-state index in [1.807, 2.05) is 0 Å². The van der Waals surface area contributed by atoms with E-state index in [1.54, 1.807) is 0 Å². The number of fused-ring (bicyclic) bond motifs is 1. The summed E-state index contributed by atoms with van der Waals surface area (Å²) in [5.74, 6) is 0.538. The Morgan fingerprint density at radius 1 is 1.15 bits per heavy atom. The minimum Gasteiger partial charge on any atom is -0.365 e. The van der Waals surface area contributed by atoms with Crippen LogP contribution in [0.5, 0.6) is 0 Å². The first kappa shape index (κ1) is 19.2. The summed E-state index contributed by atoms with van der Waals surface area (Å²) in [5.41, 5.74) is 7.31. The lowest BCUT2D eigenvalue weighted by Gasteiger charge is -2.42. The summed E-state index contributed by atoms with van der Waals surface area (Å²) in [6.07, 6.45) is 7.12. The number of benzene rings is 1. The maximum atomic E-state index is 4.26. The molecule has 1 aliphatic heterocycles. The summed E-state index contributed by atoms with van der Waals surface area (Å²) in [6.45, 7) is 18.2. The van der Waals surface area contributed by atoms with Gasteiger partial charge in [-0.1, -0.05) is 52.5 Å². The molecule has 2 nitrogen and oxygen atoms in total. The van der Waals surface area contributed by atoms with E-state index >= 15 is 0 Å². The molecule has 26 heavy (non-hydrogen) atoms. The van der Waals surface area contributed by atoms with Gasteiger partial charge in [-0.05, 0) is 72.2 Å². The highest BCUT2D eigenvalue weighted by atomic mass is 14.9. The molecule has 142 valence electrons. The lowest BCUT2D eigenvalue weighted by Crippen LogP contribution is -2.34. The number of hydrogen-bond acceptors (Lipinski definition) is 2. The van der Waals surface area contributed by atoms with Crippen LogP contribution in [0.2, 0.25) is 0 Å². The Labute approximate surface area is 160 Å². The van der Waals surface area contributed by atoms with Gasteiger partial charge in [-0.2, -0.15) is 0 Å². The lowest BCUT2D eigenvalue weighted by molar-refractivity contribution is 0.332. The summed E-state index contributed by atoms with van der Waals surface area (Å²) in [6, 6.07) is 7.08. The van der Waals surface area contributed by atoms with Gasteiger partial charge in [0.05, 0.1) is 0 Å². The Morgan fingerprint density at radius 2 is 1.85 bits per heavy atom. The van der Waals surface area contributed by atoms with Crippen LogP contribution in [0.4, 0.5) is 0 Å². The normalized spacial score (nSPS) is 24.7. The topological polar surface area (TPSA) is 24.1 Å². The summed E-state index contributed by atoms with van der Waals surface area (Å²) < 4.78 is 0. The zero-order valence-corrected chi connectivity index (χ0v) is 17.3. The predicted molar refractivity (Wildman–Crippen MR) is 113 cm³/mol. The van der Waals surface area contributed by atoms with Crippen molar-refractivity contribution < 1.29 is 0 Å². The molecule has 0 saturated carbocycles. The summed E-state index contributed by atoms with van der Waals surface area (Å²) >= 11 is 0. The van der Waals surface area contributed by atoms with Gasteiger partial charge in [0.15, 0.2) is 0 Å². The minimum absolute atomic E-state index is 0.256. The molecule has 0 amide bonds. The van der Waals surface area contributed by atoms with Crippen LogP contribution < -0.4 is 10.6 Å². The average molecular weight is 353 g/mol. The fourth-order valence-corrected chi connectivity index (χ4v) is 4.39. The second-order valence-electron chi connectivity index (χ2n) is 9.57. The quantitative estimate of drug-likeness (QED) is 0.748. The van der Waals surface area contributed by atoms with Crippen molar-refractivity contribution in [2.45, 2.75) is 71.1 Å². The highest BCUT2D eigenvalue weighted by Gasteiger charge is 2.36. The van der Waals surface area contributed by atoms with E-state index in [0.717, 1.165) is 18.8 Å². The van der Waals surface area contributed by atoms with Crippen molar-refractivity contribution in [3.8, 4) is 0 Å². The maximum Gasteiger partial charge on any atom is 0.0118 e. The van der Waals surface area contributed by atoms with Crippen molar-refractivity contribution in [3.63, 3.8) is 0 Å². The van der Waals surface area contributed by atoms with E-state index in [0.29, 0.717) is 5.92 Å². The largest absolute Gasteiger partial charge is 0.365 e. The number of hydrogen-bond donors (Lipinski definition) is 2. The van der Waals surface area contributed by atoms with Crippen LogP contribution in [0, 0.1) is 5.92 Å². The molecule has 0 aromatic heterocycles. The second kappa shape index (κ2) is 7.23. The molecule has 1 atom stereocenters. The molecule has 1 unspecified atom stereocenters. The highest BCUT2D eigenvalue weighted by molar-refractivity contribution is 5.66. The third-order valence-corrected chi connectivity index (χ3v) is 6.57. The Balaban J connectivity index is 1.80. The molecule has 0 spiro atoms. The van der Waals surface area contributed by atoms with Gasteiger partial charge >= 0.3 is 0 Å². The van der Waals surface area contributed by atoms with Crippen LogP contribution in [0.1, 0.15) is 77.0 Å². The van der Waals surface area contributed by atoms with Crippen molar-refractivity contribution in [1.29, 1.82) is 0 Å². The molecule has 0 bridgehead atoms. The molecule has 3 rings (SSSR count). The minimum atomic E-state index is 0.256. The van der Waals surface area contributed by atoms with Gasteiger partial charge in [0, 0.05) is 24.4 Å². The number of piperidine rings is 1. The standard InChI is InChI=1S/C24H36N2/c1-17(15-26-18(2)20-8-7-13-25-16-20)19-9-10-21-22(14-19)24(5,6)12-11-23(21,3)4/h9-10,14-15,20,25-26H,2,7-8,11-13,16H2,1,3-6H3/b17-15+. The molecule has 1 heterocycles. The Kier molecular flexibility index (Phi) is 5.35. The zero-order valence-electron chi connectivity index (χ0n) is 17.3. The van der Waals surface area contributed by atoms with Crippen molar-refractivity contribution in [3.05, 3.63) is 53.4 Å². The lowest BCUT2D eigenvalue weighted by atomic mass is 9.63. The first-order valence-electron chi connectivity index (χ1n) is 10.2. The predicted octanol–water partition coefficient (Wildman–Crippen LogP) is 5.50. The van der Waals surface area contributed by atoms with Crippen LogP contribution in [0.15, 0.2) is 36.7 Å². The van der Waals surface area contributed by atoms with Gasteiger partial charge in [-0.15, -0.1) is 0 Å². The molecule has 1 saturated heterocycles. The van der Waals surface area contributed by atoms with E-state index in [9.17, 15) is 0 Å². The van der Waals surface area contributed by atoms with Crippen molar-refractivity contribution in [2.75, 3.05) is 13.1 Å². The van der Waals surface area contributed by atoms with Gasteiger partial charge in [-0.3, -0.25) is 0 Å². The van der Waals surface area contributed by atoms with Gasteiger partial charge in [-0.25, -0.2) is 0 Å². The molecule has 1 fully saturated rings. The monoisotopic (exact) mass is 352 g/mol. The van der Waals surface area contributed by atoms with Gasteiger partial charge < -0.3 is 10.6 Å². The molecular formula is C24H36N2. The molecule has 1 aromatic rings. The first-order chi connectivity index (χ1) is 12.2. The van der Waals surface area contributed by atoms with Crippen molar-refractivity contribution >= 4 is 5.57 Å². The number of allylic oxidation sites excluding steroid dienone is 1. The Morgan fingerprint density at radius 3 is 2.50 bits per heavy atom. The van der Waals surface area contributed by atoms with E-state index in [4.69, 9.17) is 0 Å². The molecular weight excluding hydrogens is 316 g/mol. The van der Waals surface area contributed by atoms with Gasteiger partial charge in [0.1, 0.15) is 0 Å². The van der Waals surface area contributed by atoms with E-state index in [1.165, 1.54) is 47.9 Å². The van der Waals surface area contributed by atoms with Crippen LogP contribution >= 0.6 is 0 Å². The zero-order chi connectivity index (χ0) is 18.9. The van der Waals surface area contributed by atoms with E-state index < -0.39 is 0 Å². The molecule has 2 aliphatic rings. The Bertz CT molecular complexity index is 703. The van der Waals surface area contributed by atoms with Crippen molar-refractivity contribution in [2.24, 2.45) is 5.92 Å². The van der Waals surface area contributed by atoms with E-state index in [2.05, 4.69) is 76.2 Å². The Hall–Kier alpha value is -1.54. The maximum absolute atomic E-state index is 4.26. The fraction of sp³-hybridized carbons (Fsp3) is 0.583. The summed E-state index contributed by atoms with van der Waals surface area (Å²) in [5, 5.41) is 6.94. The molecule has 2 heteroatoms. The molecule has 0 radical (unpaired) electrons. The molecule has 1 aliphatic carbocycles. The second-order valence-corrected chi connectivity index (χ2v) is 9.57. The smallest absolute Gasteiger partial charge is 0.0118 e. The summed E-state index contributed by atoms with van der Waals surface area (Å²) in [4.78, 5) is 0. The van der Waals surface area contributed by atoms with E-state index in [-0.39, 0.29) is 10.8 Å². The van der Waals surface area contributed by atoms with Gasteiger partial charge in [0.25, 0.3) is 0 Å². The van der Waals surface area contributed by atoms with Crippen molar-refractivity contribution in [1.82, 2.24) is 10.6 Å². The number of rotatable bonds is 4. The SMILES string of the molecule is C=C(N/C=C(\C)c1ccc2c(c1)C(C)(C)CCC2(C)C)C1CCCNC1. The summed E-state index contributed by atoms with van der Waals surface area (Å²) in [7, 11) is 0. The van der Waals surface area contributed by atoms with Gasteiger partial charge in [0.2, 0.25) is 0 Å². The average Bonchev–Trinajstić information content (AvgIpc) is 2.63. The first-order valence-corrected chi connectivity index (χ1v) is 10.2. The molecule has 1 aromatic carbocycles. The van der Waals surface area contributed by atoms with Crippen LogP contribution in [-0.2, 0) is 10.8 Å². The third kappa shape index (κ3) is 3.91. The fourth-order valence-electron chi connectivity index (χ4n) is 4.39. The highest BCUT2D eigenvalue weighted by Crippen LogP contribution is 2.46.